The van der Waals surface area contributed by atoms with Crippen molar-refractivity contribution in [1.82, 2.24) is 0 Å². The smallest absolute Gasteiger partial charge is 0.159 e. The van der Waals surface area contributed by atoms with Gasteiger partial charge in [-0.05, 0) is 38.1 Å². The van der Waals surface area contributed by atoms with Crippen molar-refractivity contribution in [2.45, 2.75) is 19.9 Å². The number of Topliss-reactive ketones (excluding diaryl/α,β-unsaturated/α-hetero) is 1. The van der Waals surface area contributed by atoms with Gasteiger partial charge in [0.05, 0.1) is 6.61 Å². The van der Waals surface area contributed by atoms with Gasteiger partial charge in [-0.15, -0.1) is 0 Å². The topological polar surface area (TPSA) is 38.3 Å². The molecule has 15 heavy (non-hydrogen) atoms. The summed E-state index contributed by atoms with van der Waals surface area (Å²) in [4.78, 5) is 11.0. The standard InChI is InChI=1S/C12H17NO2/c1-9(8-15-3)13-12-6-4-11(5-7-12)10(2)14/h4-7,9,13H,8H2,1-3H3. The fraction of sp³-hybridized carbons (Fsp3) is 0.417. The van der Waals surface area contributed by atoms with Crippen molar-refractivity contribution in [3.8, 4) is 0 Å². The molecular formula is C12H17NO2. The fourth-order valence-corrected chi connectivity index (χ4v) is 1.38. The summed E-state index contributed by atoms with van der Waals surface area (Å²) >= 11 is 0. The lowest BCUT2D eigenvalue weighted by atomic mass is 10.1. The van der Waals surface area contributed by atoms with Gasteiger partial charge in [-0.25, -0.2) is 0 Å². The largest absolute Gasteiger partial charge is 0.383 e. The van der Waals surface area contributed by atoms with E-state index in [0.717, 1.165) is 11.3 Å². The molecule has 0 aliphatic heterocycles. The molecule has 1 aromatic rings. The van der Waals surface area contributed by atoms with Gasteiger partial charge in [0.2, 0.25) is 0 Å². The minimum Gasteiger partial charge on any atom is -0.383 e. The summed E-state index contributed by atoms with van der Waals surface area (Å²) in [5.41, 5.74) is 1.74. The Kier molecular flexibility index (Phi) is 4.31. The number of hydrogen-bond acceptors (Lipinski definition) is 3. The molecule has 1 atom stereocenters. The molecule has 1 aromatic carbocycles. The highest BCUT2D eigenvalue weighted by Gasteiger charge is 2.02. The monoisotopic (exact) mass is 207 g/mol. The predicted octanol–water partition coefficient (Wildman–Crippen LogP) is 2.34. The average molecular weight is 207 g/mol. The molecule has 0 fully saturated rings. The maximum atomic E-state index is 11.0. The first-order valence-corrected chi connectivity index (χ1v) is 5.00. The molecule has 0 heterocycles. The lowest BCUT2D eigenvalue weighted by Gasteiger charge is -2.14. The molecule has 0 aliphatic rings. The van der Waals surface area contributed by atoms with E-state index in [2.05, 4.69) is 5.32 Å². The van der Waals surface area contributed by atoms with Crippen LogP contribution in [0.3, 0.4) is 0 Å². The first kappa shape index (κ1) is 11.7. The first-order valence-electron chi connectivity index (χ1n) is 5.00. The maximum absolute atomic E-state index is 11.0. The molecule has 3 nitrogen and oxygen atoms in total. The molecule has 0 radical (unpaired) electrons. The summed E-state index contributed by atoms with van der Waals surface area (Å²) < 4.78 is 5.02. The second-order valence-corrected chi connectivity index (χ2v) is 3.63. The van der Waals surface area contributed by atoms with Crippen molar-refractivity contribution in [1.29, 1.82) is 0 Å². The van der Waals surface area contributed by atoms with Crippen LogP contribution >= 0.6 is 0 Å². The van der Waals surface area contributed by atoms with Crippen molar-refractivity contribution >= 4 is 11.5 Å². The number of anilines is 1. The van der Waals surface area contributed by atoms with E-state index < -0.39 is 0 Å². The van der Waals surface area contributed by atoms with Gasteiger partial charge in [0, 0.05) is 24.4 Å². The summed E-state index contributed by atoms with van der Waals surface area (Å²) in [6, 6.07) is 7.72. The van der Waals surface area contributed by atoms with Crippen LogP contribution in [-0.2, 0) is 4.74 Å². The van der Waals surface area contributed by atoms with E-state index in [0.29, 0.717) is 6.61 Å². The second kappa shape index (κ2) is 5.51. The normalized spacial score (nSPS) is 12.2. The Morgan fingerprint density at radius 2 is 2.00 bits per heavy atom. The van der Waals surface area contributed by atoms with Crippen molar-refractivity contribution in [3.05, 3.63) is 29.8 Å². The van der Waals surface area contributed by atoms with Crippen LogP contribution in [0.4, 0.5) is 5.69 Å². The second-order valence-electron chi connectivity index (χ2n) is 3.63. The van der Waals surface area contributed by atoms with Crippen LogP contribution in [0.1, 0.15) is 24.2 Å². The Morgan fingerprint density at radius 1 is 1.40 bits per heavy atom. The van der Waals surface area contributed by atoms with Crippen molar-refractivity contribution in [3.63, 3.8) is 0 Å². The minimum atomic E-state index is 0.0893. The molecule has 1 N–H and O–H groups in total. The van der Waals surface area contributed by atoms with Gasteiger partial charge in [0.15, 0.2) is 5.78 Å². The van der Waals surface area contributed by atoms with Gasteiger partial charge in [0.25, 0.3) is 0 Å². The number of rotatable bonds is 5. The molecule has 0 bridgehead atoms. The average Bonchev–Trinajstić information content (AvgIpc) is 2.18. The van der Waals surface area contributed by atoms with Crippen molar-refractivity contribution in [2.75, 3.05) is 19.0 Å². The number of nitrogens with one attached hydrogen (secondary N) is 1. The van der Waals surface area contributed by atoms with Crippen LogP contribution in [0.5, 0.6) is 0 Å². The number of hydrogen-bond donors (Lipinski definition) is 1. The molecular weight excluding hydrogens is 190 g/mol. The number of carbonyl (C=O) groups excluding carboxylic acids is 1. The van der Waals surface area contributed by atoms with Gasteiger partial charge in [-0.3, -0.25) is 4.79 Å². The fourth-order valence-electron chi connectivity index (χ4n) is 1.38. The molecule has 0 aromatic heterocycles. The van der Waals surface area contributed by atoms with Gasteiger partial charge >= 0.3 is 0 Å². The van der Waals surface area contributed by atoms with E-state index in [1.807, 2.05) is 31.2 Å². The maximum Gasteiger partial charge on any atom is 0.159 e. The third-order valence-electron chi connectivity index (χ3n) is 2.12. The first-order chi connectivity index (χ1) is 7.13. The molecule has 0 saturated carbocycles. The predicted molar refractivity (Wildman–Crippen MR) is 61.4 cm³/mol. The van der Waals surface area contributed by atoms with E-state index >= 15 is 0 Å². The minimum absolute atomic E-state index is 0.0893. The highest BCUT2D eigenvalue weighted by atomic mass is 16.5. The lowest BCUT2D eigenvalue weighted by Crippen LogP contribution is -2.20. The summed E-state index contributed by atoms with van der Waals surface area (Å²) in [5, 5.41) is 3.27. The molecule has 1 rings (SSSR count). The molecule has 82 valence electrons. The number of ketones is 1. The molecule has 0 saturated heterocycles. The number of carbonyl (C=O) groups is 1. The van der Waals surface area contributed by atoms with E-state index in [4.69, 9.17) is 4.74 Å². The molecule has 0 amide bonds. The van der Waals surface area contributed by atoms with Crippen LogP contribution in [-0.4, -0.2) is 25.5 Å². The van der Waals surface area contributed by atoms with Crippen LogP contribution < -0.4 is 5.32 Å². The summed E-state index contributed by atoms with van der Waals surface area (Å²) in [6.45, 7) is 4.27. The molecule has 1 unspecified atom stereocenters. The van der Waals surface area contributed by atoms with E-state index in [-0.39, 0.29) is 11.8 Å². The van der Waals surface area contributed by atoms with Crippen LogP contribution in [0.15, 0.2) is 24.3 Å². The van der Waals surface area contributed by atoms with Crippen molar-refractivity contribution < 1.29 is 9.53 Å². The quantitative estimate of drug-likeness (QED) is 0.753. The third kappa shape index (κ3) is 3.72. The summed E-state index contributed by atoms with van der Waals surface area (Å²) in [6.07, 6.45) is 0. The highest BCUT2D eigenvalue weighted by molar-refractivity contribution is 5.94. The van der Waals surface area contributed by atoms with E-state index in [1.54, 1.807) is 14.0 Å². The third-order valence-corrected chi connectivity index (χ3v) is 2.12. The number of methoxy groups -OCH3 is 1. The van der Waals surface area contributed by atoms with Gasteiger partial charge in [-0.1, -0.05) is 0 Å². The molecule has 3 heteroatoms. The zero-order valence-electron chi connectivity index (χ0n) is 9.41. The Labute approximate surface area is 90.4 Å². The Bertz CT molecular complexity index is 319. The van der Waals surface area contributed by atoms with E-state index in [9.17, 15) is 4.79 Å². The molecule has 0 spiro atoms. The van der Waals surface area contributed by atoms with Crippen molar-refractivity contribution in [2.24, 2.45) is 0 Å². The zero-order chi connectivity index (χ0) is 11.3. The van der Waals surface area contributed by atoms with Gasteiger partial charge in [0.1, 0.15) is 0 Å². The Morgan fingerprint density at radius 3 is 2.47 bits per heavy atom. The van der Waals surface area contributed by atoms with Gasteiger partial charge in [-0.2, -0.15) is 0 Å². The Balaban J connectivity index is 2.60. The molecule has 0 aliphatic carbocycles. The zero-order valence-corrected chi connectivity index (χ0v) is 9.41. The van der Waals surface area contributed by atoms with E-state index in [1.165, 1.54) is 0 Å². The van der Waals surface area contributed by atoms with Gasteiger partial charge < -0.3 is 10.1 Å². The summed E-state index contributed by atoms with van der Waals surface area (Å²) in [7, 11) is 1.68. The van der Waals surface area contributed by atoms with Crippen LogP contribution in [0.25, 0.3) is 0 Å². The lowest BCUT2D eigenvalue weighted by molar-refractivity contribution is 0.101. The highest BCUT2D eigenvalue weighted by Crippen LogP contribution is 2.11. The Hall–Kier alpha value is -1.35. The summed E-state index contributed by atoms with van der Waals surface area (Å²) in [5.74, 6) is 0.0893. The SMILES string of the molecule is COCC(C)Nc1ccc(C(C)=O)cc1. The number of ether oxygens (including phenoxy) is 1. The van der Waals surface area contributed by atoms with Crippen LogP contribution in [0.2, 0.25) is 0 Å². The van der Waals surface area contributed by atoms with Crippen LogP contribution in [0, 0.1) is 0 Å². The number of benzene rings is 1.